The molecule has 0 unspecified atom stereocenters. The molecule has 0 saturated heterocycles. The molecule has 29 heavy (non-hydrogen) atoms. The lowest BCUT2D eigenvalue weighted by molar-refractivity contribution is 0.101. The highest BCUT2D eigenvalue weighted by molar-refractivity contribution is 6.07. The summed E-state index contributed by atoms with van der Waals surface area (Å²) in [6, 6.07) is 13.0. The maximum atomic E-state index is 13.7. The van der Waals surface area contributed by atoms with Crippen LogP contribution in [0.1, 0.15) is 31.8 Å². The van der Waals surface area contributed by atoms with Crippen molar-refractivity contribution >= 4 is 23.2 Å². The summed E-state index contributed by atoms with van der Waals surface area (Å²) in [6.07, 6.45) is 0. The Balaban J connectivity index is 1.73. The minimum absolute atomic E-state index is 0.123. The second-order valence-corrected chi connectivity index (χ2v) is 6.48. The molecule has 2 N–H and O–H groups in total. The van der Waals surface area contributed by atoms with Crippen LogP contribution in [0.25, 0.3) is 0 Å². The highest BCUT2D eigenvalue weighted by atomic mass is 19.2. The van der Waals surface area contributed by atoms with Gasteiger partial charge in [0.1, 0.15) is 0 Å². The van der Waals surface area contributed by atoms with Crippen LogP contribution < -0.4 is 10.6 Å². The van der Waals surface area contributed by atoms with Crippen LogP contribution in [0.15, 0.2) is 54.6 Å². The number of aryl methyl sites for hydroxylation is 2. The van der Waals surface area contributed by atoms with E-state index in [-0.39, 0.29) is 11.5 Å². The van der Waals surface area contributed by atoms with Crippen LogP contribution in [0.2, 0.25) is 0 Å². The van der Waals surface area contributed by atoms with Crippen LogP contribution in [0.4, 0.5) is 24.5 Å². The van der Waals surface area contributed by atoms with E-state index in [4.69, 9.17) is 0 Å². The Kier molecular flexibility index (Phi) is 5.68. The number of hydrogen-bond donors (Lipinski definition) is 2. The number of halogens is 3. The molecule has 0 saturated carbocycles. The number of carbonyl (C=O) groups is 2. The van der Waals surface area contributed by atoms with E-state index < -0.39 is 29.0 Å². The zero-order valence-corrected chi connectivity index (χ0v) is 15.6. The van der Waals surface area contributed by atoms with E-state index in [1.54, 1.807) is 0 Å². The molecule has 7 heteroatoms. The number of carbonyl (C=O) groups excluding carboxylic acids is 2. The predicted octanol–water partition coefficient (Wildman–Crippen LogP) is 5.23. The van der Waals surface area contributed by atoms with Crippen LogP contribution >= 0.6 is 0 Å². The SMILES string of the molecule is Cc1cccc(C)c1NC(=O)c1ccc(C(=O)Nc2ccc(F)c(F)c2F)cc1. The summed E-state index contributed by atoms with van der Waals surface area (Å²) < 4.78 is 40.0. The molecule has 0 aliphatic carbocycles. The summed E-state index contributed by atoms with van der Waals surface area (Å²) in [6.45, 7) is 3.76. The van der Waals surface area contributed by atoms with Crippen molar-refractivity contribution in [1.29, 1.82) is 0 Å². The van der Waals surface area contributed by atoms with E-state index in [2.05, 4.69) is 10.6 Å². The van der Waals surface area contributed by atoms with Crippen LogP contribution in [-0.2, 0) is 0 Å². The Morgan fingerprint density at radius 2 is 1.21 bits per heavy atom. The third kappa shape index (κ3) is 4.29. The van der Waals surface area contributed by atoms with Gasteiger partial charge in [-0.3, -0.25) is 9.59 Å². The molecule has 4 nitrogen and oxygen atoms in total. The van der Waals surface area contributed by atoms with E-state index >= 15 is 0 Å². The fourth-order valence-corrected chi connectivity index (χ4v) is 2.79. The summed E-state index contributed by atoms with van der Waals surface area (Å²) in [5, 5.41) is 5.01. The van der Waals surface area contributed by atoms with Gasteiger partial charge < -0.3 is 10.6 Å². The highest BCUT2D eigenvalue weighted by Gasteiger charge is 2.16. The number of anilines is 2. The standard InChI is InChI=1S/C22H17F3N2O2/c1-12-4-3-5-13(2)20(12)27-22(29)15-8-6-14(7-9-15)21(28)26-17-11-10-16(23)18(24)19(17)25/h3-11H,1-2H3,(H,26,28)(H,27,29). The van der Waals surface area contributed by atoms with Gasteiger partial charge in [0.25, 0.3) is 11.8 Å². The number of rotatable bonds is 4. The molecule has 0 aliphatic rings. The lowest BCUT2D eigenvalue weighted by atomic mass is 10.1. The monoisotopic (exact) mass is 398 g/mol. The van der Waals surface area contributed by atoms with E-state index in [0.29, 0.717) is 11.3 Å². The smallest absolute Gasteiger partial charge is 0.255 e. The summed E-state index contributed by atoms with van der Waals surface area (Å²) in [4.78, 5) is 24.7. The molecule has 0 bridgehead atoms. The molecule has 0 atom stereocenters. The zero-order chi connectivity index (χ0) is 21.1. The van der Waals surface area contributed by atoms with Crippen LogP contribution in [-0.4, -0.2) is 11.8 Å². The van der Waals surface area contributed by atoms with Gasteiger partial charge in [0.15, 0.2) is 17.5 Å². The Labute approximate surface area is 165 Å². The molecule has 0 fully saturated rings. The van der Waals surface area contributed by atoms with E-state index in [9.17, 15) is 22.8 Å². The summed E-state index contributed by atoms with van der Waals surface area (Å²) in [7, 11) is 0. The Bertz CT molecular complexity index is 1080. The van der Waals surface area contributed by atoms with Crippen molar-refractivity contribution in [3.63, 3.8) is 0 Å². The lowest BCUT2D eigenvalue weighted by Crippen LogP contribution is -2.16. The van der Waals surface area contributed by atoms with Gasteiger partial charge in [-0.15, -0.1) is 0 Å². The third-order valence-corrected chi connectivity index (χ3v) is 4.41. The zero-order valence-electron chi connectivity index (χ0n) is 15.6. The van der Waals surface area contributed by atoms with Crippen LogP contribution in [0.5, 0.6) is 0 Å². The first-order chi connectivity index (χ1) is 13.8. The molecule has 0 spiro atoms. The fourth-order valence-electron chi connectivity index (χ4n) is 2.79. The van der Waals surface area contributed by atoms with E-state index in [1.165, 1.54) is 24.3 Å². The lowest BCUT2D eigenvalue weighted by Gasteiger charge is -2.12. The molecule has 2 amide bonds. The average Bonchev–Trinajstić information content (AvgIpc) is 2.71. The van der Waals surface area contributed by atoms with Crippen molar-refractivity contribution < 1.29 is 22.8 Å². The van der Waals surface area contributed by atoms with Crippen LogP contribution in [0.3, 0.4) is 0 Å². The normalized spacial score (nSPS) is 10.5. The van der Waals surface area contributed by atoms with Gasteiger partial charge >= 0.3 is 0 Å². The largest absolute Gasteiger partial charge is 0.322 e. The molecule has 0 aliphatic heterocycles. The van der Waals surface area contributed by atoms with E-state index in [0.717, 1.165) is 23.3 Å². The number of hydrogen-bond acceptors (Lipinski definition) is 2. The van der Waals surface area contributed by atoms with Crippen LogP contribution in [0, 0.1) is 31.3 Å². The number of para-hydroxylation sites is 1. The first-order valence-corrected chi connectivity index (χ1v) is 8.70. The Morgan fingerprint density at radius 1 is 0.690 bits per heavy atom. The minimum atomic E-state index is -1.67. The van der Waals surface area contributed by atoms with Crippen molar-refractivity contribution in [2.75, 3.05) is 10.6 Å². The van der Waals surface area contributed by atoms with Gasteiger partial charge in [-0.25, -0.2) is 13.2 Å². The Hall–Kier alpha value is -3.61. The molecular weight excluding hydrogens is 381 g/mol. The Morgan fingerprint density at radius 3 is 1.76 bits per heavy atom. The van der Waals surface area contributed by atoms with Crippen molar-refractivity contribution in [3.05, 3.63) is 94.3 Å². The first kappa shape index (κ1) is 20.1. The maximum Gasteiger partial charge on any atom is 0.255 e. The fraction of sp³-hybridized carbons (Fsp3) is 0.0909. The van der Waals surface area contributed by atoms with Gasteiger partial charge in [-0.2, -0.15) is 0 Å². The quantitative estimate of drug-likeness (QED) is 0.592. The molecule has 3 aromatic carbocycles. The summed E-state index contributed by atoms with van der Waals surface area (Å²) in [5.74, 6) is -5.57. The minimum Gasteiger partial charge on any atom is -0.322 e. The molecular formula is C22H17F3N2O2. The maximum absolute atomic E-state index is 13.7. The van der Waals surface area contributed by atoms with Gasteiger partial charge in [-0.1, -0.05) is 18.2 Å². The second-order valence-electron chi connectivity index (χ2n) is 6.48. The van der Waals surface area contributed by atoms with Crippen molar-refractivity contribution in [2.45, 2.75) is 13.8 Å². The summed E-state index contributed by atoms with van der Waals surface area (Å²) in [5.41, 5.74) is 2.52. The predicted molar refractivity (Wildman–Crippen MR) is 105 cm³/mol. The molecule has 3 rings (SSSR count). The third-order valence-electron chi connectivity index (χ3n) is 4.41. The van der Waals surface area contributed by atoms with Crippen molar-refractivity contribution in [3.8, 4) is 0 Å². The average molecular weight is 398 g/mol. The number of amides is 2. The van der Waals surface area contributed by atoms with Gasteiger partial charge in [0.05, 0.1) is 5.69 Å². The second kappa shape index (κ2) is 8.18. The number of nitrogens with one attached hydrogen (secondary N) is 2. The molecule has 3 aromatic rings. The molecule has 0 radical (unpaired) electrons. The molecule has 0 aromatic heterocycles. The van der Waals surface area contributed by atoms with Crippen molar-refractivity contribution in [2.24, 2.45) is 0 Å². The van der Waals surface area contributed by atoms with Gasteiger partial charge in [0.2, 0.25) is 0 Å². The highest BCUT2D eigenvalue weighted by Crippen LogP contribution is 2.22. The topological polar surface area (TPSA) is 58.2 Å². The number of benzene rings is 3. The van der Waals surface area contributed by atoms with E-state index in [1.807, 2.05) is 32.0 Å². The van der Waals surface area contributed by atoms with Gasteiger partial charge in [0, 0.05) is 16.8 Å². The molecule has 148 valence electrons. The van der Waals surface area contributed by atoms with Crippen molar-refractivity contribution in [1.82, 2.24) is 0 Å². The first-order valence-electron chi connectivity index (χ1n) is 8.70. The molecule has 0 heterocycles. The summed E-state index contributed by atoms with van der Waals surface area (Å²) >= 11 is 0. The van der Waals surface area contributed by atoms with Gasteiger partial charge in [-0.05, 0) is 61.4 Å².